The van der Waals surface area contributed by atoms with Crippen molar-refractivity contribution in [2.75, 3.05) is 19.8 Å². The summed E-state index contributed by atoms with van der Waals surface area (Å²) < 4.78 is 14.4. The van der Waals surface area contributed by atoms with E-state index in [1.54, 1.807) is 0 Å². The van der Waals surface area contributed by atoms with E-state index in [-0.39, 0.29) is 0 Å². The fourth-order valence-corrected chi connectivity index (χ4v) is 0.722. The summed E-state index contributed by atoms with van der Waals surface area (Å²) in [6.07, 6.45) is 0.461. The lowest BCUT2D eigenvalue weighted by atomic mass is 10.5. The normalized spacial score (nSPS) is 21.9. The van der Waals surface area contributed by atoms with E-state index < -0.39 is 0 Å². The van der Waals surface area contributed by atoms with Crippen molar-refractivity contribution in [3.05, 3.63) is 0 Å². The molecule has 0 saturated carbocycles. The molecule has 0 bridgehead atoms. The fraction of sp³-hybridized carbons (Fsp3) is 1.00. The van der Waals surface area contributed by atoms with Crippen molar-refractivity contribution in [2.24, 2.45) is 0 Å². The zero-order chi connectivity index (χ0) is 7.82. The molecule has 0 spiro atoms. The minimum Gasteiger partial charge on any atom is -0.428 e. The Bertz CT molecular complexity index is 65.9. The Morgan fingerprint density at radius 1 is 1.50 bits per heavy atom. The van der Waals surface area contributed by atoms with Crippen molar-refractivity contribution >= 4 is 21.0 Å². The first-order valence-corrected chi connectivity index (χ1v) is 5.07. The van der Waals surface area contributed by atoms with Crippen molar-refractivity contribution in [1.82, 2.24) is 0 Å². The minimum absolute atomic E-state index is 0.461. The number of hydrogen-bond donors (Lipinski definition) is 0. The van der Waals surface area contributed by atoms with Crippen LogP contribution in [0.25, 0.3) is 0 Å². The van der Waals surface area contributed by atoms with Gasteiger partial charge in [0.1, 0.15) is 27.1 Å². The zero-order valence-electron chi connectivity index (χ0n) is 6.92. The van der Waals surface area contributed by atoms with Crippen LogP contribution < -0.4 is 0 Å². The lowest BCUT2D eigenvalue weighted by Crippen LogP contribution is -1.96. The predicted octanol–water partition coefficient (Wildman–Crippen LogP) is -2.01. The van der Waals surface area contributed by atoms with Crippen LogP contribution in [0.5, 0.6) is 0 Å². The van der Waals surface area contributed by atoms with Gasteiger partial charge >= 0.3 is 0 Å². The summed E-state index contributed by atoms with van der Waals surface area (Å²) in [4.78, 5) is 0. The summed E-state index contributed by atoms with van der Waals surface area (Å²) in [6.45, 7) is 4.62. The Balaban J connectivity index is 0.000000180. The van der Waals surface area contributed by atoms with E-state index in [0.717, 1.165) is 40.8 Å². The number of rotatable bonds is 3. The molecule has 0 aromatic rings. The molecule has 1 atom stereocenters. The maximum Gasteiger partial charge on any atom is 0.146 e. The highest BCUT2D eigenvalue weighted by Gasteiger charge is 2.20. The first-order chi connectivity index (χ1) is 4.85. The molecule has 0 aromatic carbocycles. The first-order valence-electron chi connectivity index (χ1n) is 3.44. The van der Waals surface area contributed by atoms with Gasteiger partial charge in [0.05, 0.1) is 13.2 Å². The maximum atomic E-state index is 4.88. The number of ether oxygens (including phenoxy) is 1. The highest BCUT2D eigenvalue weighted by molar-refractivity contribution is 5.98. The molecule has 5 heteroatoms. The molecule has 0 N–H and O–H groups in total. The van der Waals surface area contributed by atoms with Gasteiger partial charge in [-0.05, 0) is 6.92 Å². The van der Waals surface area contributed by atoms with Crippen LogP contribution in [0, 0.1) is 0 Å². The van der Waals surface area contributed by atoms with Gasteiger partial charge in [0.25, 0.3) is 0 Å². The Morgan fingerprint density at radius 2 is 2.00 bits per heavy atom. The summed E-state index contributed by atoms with van der Waals surface area (Å²) in [5.41, 5.74) is 0. The standard InChI is InChI=1S/C3H8O2Si.C2H8OSi/c6-5-2-3-1-4-3;1-2-3-4/h3H,1-2H2,6H3;2H2,1,4H3. The van der Waals surface area contributed by atoms with E-state index in [1.165, 1.54) is 0 Å². The van der Waals surface area contributed by atoms with Crippen LogP contribution in [-0.2, 0) is 13.6 Å². The van der Waals surface area contributed by atoms with Gasteiger partial charge in [-0.3, -0.25) is 0 Å². The van der Waals surface area contributed by atoms with Gasteiger partial charge in [-0.25, -0.2) is 0 Å². The molecular weight excluding hydrogens is 164 g/mol. The Hall–Kier alpha value is 0.314. The zero-order valence-corrected chi connectivity index (χ0v) is 10.9. The summed E-state index contributed by atoms with van der Waals surface area (Å²) >= 11 is 0. The summed E-state index contributed by atoms with van der Waals surface area (Å²) in [7, 11) is 1.74. The molecule has 62 valence electrons. The fourth-order valence-electron chi connectivity index (χ4n) is 0.350. The smallest absolute Gasteiger partial charge is 0.146 e. The highest BCUT2D eigenvalue weighted by atomic mass is 28.2. The van der Waals surface area contributed by atoms with Gasteiger partial charge in [-0.2, -0.15) is 0 Å². The van der Waals surface area contributed by atoms with Crippen molar-refractivity contribution in [3.8, 4) is 0 Å². The quantitative estimate of drug-likeness (QED) is 0.371. The molecule has 1 heterocycles. The topological polar surface area (TPSA) is 31.0 Å². The van der Waals surface area contributed by atoms with Crippen molar-refractivity contribution in [3.63, 3.8) is 0 Å². The van der Waals surface area contributed by atoms with Crippen molar-refractivity contribution < 1.29 is 13.6 Å². The van der Waals surface area contributed by atoms with E-state index in [0.29, 0.717) is 6.10 Å². The molecule has 0 radical (unpaired) electrons. The van der Waals surface area contributed by atoms with Gasteiger partial charge < -0.3 is 13.6 Å². The predicted molar refractivity (Wildman–Crippen MR) is 47.2 cm³/mol. The number of hydrogen-bond acceptors (Lipinski definition) is 3. The Labute approximate surface area is 68.1 Å². The maximum absolute atomic E-state index is 4.88. The molecular formula is C5H16O3Si2. The van der Waals surface area contributed by atoms with Crippen LogP contribution in [0.3, 0.4) is 0 Å². The van der Waals surface area contributed by atoms with E-state index in [4.69, 9.17) is 9.16 Å². The summed E-state index contributed by atoms with van der Waals surface area (Å²) in [5, 5.41) is 0. The van der Waals surface area contributed by atoms with Crippen LogP contribution in [0.15, 0.2) is 0 Å². The van der Waals surface area contributed by atoms with E-state index in [2.05, 4.69) is 4.43 Å². The van der Waals surface area contributed by atoms with E-state index in [9.17, 15) is 0 Å². The van der Waals surface area contributed by atoms with E-state index in [1.807, 2.05) is 6.92 Å². The van der Waals surface area contributed by atoms with Crippen molar-refractivity contribution in [1.29, 1.82) is 0 Å². The molecule has 10 heavy (non-hydrogen) atoms. The molecule has 1 fully saturated rings. The van der Waals surface area contributed by atoms with Gasteiger partial charge in [-0.15, -0.1) is 0 Å². The van der Waals surface area contributed by atoms with Crippen LogP contribution in [0.4, 0.5) is 0 Å². The molecule has 1 saturated heterocycles. The third-order valence-corrected chi connectivity index (χ3v) is 1.95. The van der Waals surface area contributed by atoms with Crippen LogP contribution in [-0.4, -0.2) is 46.9 Å². The third kappa shape index (κ3) is 8.31. The first kappa shape index (κ1) is 10.3. The second-order valence-electron chi connectivity index (χ2n) is 1.99. The molecule has 1 aliphatic rings. The molecule has 1 unspecified atom stereocenters. The highest BCUT2D eigenvalue weighted by Crippen LogP contribution is 2.06. The monoisotopic (exact) mass is 180 g/mol. The second kappa shape index (κ2) is 7.42. The molecule has 1 rings (SSSR count). The van der Waals surface area contributed by atoms with E-state index >= 15 is 0 Å². The van der Waals surface area contributed by atoms with Gasteiger partial charge in [-0.1, -0.05) is 0 Å². The molecule has 1 aliphatic heterocycles. The molecule has 0 aromatic heterocycles. The molecule has 0 amide bonds. The van der Waals surface area contributed by atoms with Crippen molar-refractivity contribution in [2.45, 2.75) is 13.0 Å². The largest absolute Gasteiger partial charge is 0.428 e. The summed E-state index contributed by atoms with van der Waals surface area (Å²) in [6, 6.07) is 0. The molecule has 3 nitrogen and oxygen atoms in total. The average Bonchev–Trinajstić information content (AvgIpc) is 2.74. The van der Waals surface area contributed by atoms with Crippen LogP contribution >= 0.6 is 0 Å². The van der Waals surface area contributed by atoms with Gasteiger partial charge in [0.2, 0.25) is 0 Å². The minimum atomic E-state index is 0.461. The average molecular weight is 180 g/mol. The second-order valence-corrected chi connectivity index (χ2v) is 3.14. The lowest BCUT2D eigenvalue weighted by Gasteiger charge is -1.85. The Kier molecular flexibility index (Phi) is 7.65. The lowest BCUT2D eigenvalue weighted by molar-refractivity contribution is 0.281. The van der Waals surface area contributed by atoms with Gasteiger partial charge in [0.15, 0.2) is 0 Å². The SMILES string of the molecule is CCO[SiH3].[SiH3]OCC1CO1. The van der Waals surface area contributed by atoms with Crippen LogP contribution in [0.1, 0.15) is 6.92 Å². The Morgan fingerprint density at radius 3 is 2.10 bits per heavy atom. The third-order valence-electron chi connectivity index (χ3n) is 1.04. The van der Waals surface area contributed by atoms with Gasteiger partial charge in [0, 0.05) is 6.61 Å². The van der Waals surface area contributed by atoms with Crippen LogP contribution in [0.2, 0.25) is 0 Å². The number of epoxide rings is 1. The summed E-state index contributed by atoms with van der Waals surface area (Å²) in [5.74, 6) is 0. The molecule has 0 aliphatic carbocycles.